The van der Waals surface area contributed by atoms with Crippen LogP contribution in [-0.2, 0) is 0 Å². The van der Waals surface area contributed by atoms with Crippen LogP contribution in [0, 0.1) is 11.3 Å². The molecule has 18 heavy (non-hydrogen) atoms. The molecule has 1 aliphatic rings. The minimum atomic E-state index is 0.383. The van der Waals surface area contributed by atoms with Gasteiger partial charge in [-0.2, -0.15) is 5.26 Å². The molecule has 96 valence electrons. The van der Waals surface area contributed by atoms with E-state index in [9.17, 15) is 0 Å². The van der Waals surface area contributed by atoms with Crippen molar-refractivity contribution >= 4 is 5.82 Å². The maximum absolute atomic E-state index is 8.96. The quantitative estimate of drug-likeness (QED) is 0.873. The van der Waals surface area contributed by atoms with Gasteiger partial charge in [-0.3, -0.25) is 0 Å². The lowest BCUT2D eigenvalue weighted by Gasteiger charge is -2.32. The van der Waals surface area contributed by atoms with E-state index in [1.165, 1.54) is 13.0 Å². The van der Waals surface area contributed by atoms with Crippen LogP contribution in [0.25, 0.3) is 0 Å². The maximum atomic E-state index is 8.96. The summed E-state index contributed by atoms with van der Waals surface area (Å²) in [5.74, 6) is 0.619. The first-order valence-electron chi connectivity index (χ1n) is 6.53. The molecular weight excluding hydrogens is 226 g/mol. The van der Waals surface area contributed by atoms with Gasteiger partial charge in [-0.05, 0) is 25.8 Å². The number of nitriles is 1. The van der Waals surface area contributed by atoms with Gasteiger partial charge in [-0.25, -0.2) is 9.97 Å². The number of hydrogen-bond donors (Lipinski definition) is 1. The fraction of sp³-hybridized carbons (Fsp3) is 0.615. The smallest absolute Gasteiger partial charge is 0.182 e. The van der Waals surface area contributed by atoms with Gasteiger partial charge in [0.15, 0.2) is 11.5 Å². The van der Waals surface area contributed by atoms with Gasteiger partial charge in [-0.1, -0.05) is 6.92 Å². The zero-order chi connectivity index (χ0) is 12.8. The molecule has 2 rings (SSSR count). The Morgan fingerprint density at radius 1 is 1.39 bits per heavy atom. The van der Waals surface area contributed by atoms with Crippen molar-refractivity contribution in [2.75, 3.05) is 25.0 Å². The van der Waals surface area contributed by atoms with Crippen LogP contribution in [0.1, 0.15) is 31.9 Å². The number of piperidine rings is 1. The Morgan fingerprint density at radius 2 is 2.11 bits per heavy atom. The largest absolute Gasteiger partial charge is 0.365 e. The van der Waals surface area contributed by atoms with E-state index in [1.807, 2.05) is 0 Å². The summed E-state index contributed by atoms with van der Waals surface area (Å²) in [5.41, 5.74) is 0.383. The number of aromatic nitrogens is 2. The Morgan fingerprint density at radius 3 is 2.78 bits per heavy atom. The summed E-state index contributed by atoms with van der Waals surface area (Å²) in [4.78, 5) is 10.7. The molecule has 0 radical (unpaired) electrons. The molecule has 1 aliphatic heterocycles. The van der Waals surface area contributed by atoms with Crippen molar-refractivity contribution in [1.29, 1.82) is 5.26 Å². The molecule has 5 heteroatoms. The molecule has 1 aromatic heterocycles. The fourth-order valence-corrected chi connectivity index (χ4v) is 2.34. The fourth-order valence-electron chi connectivity index (χ4n) is 2.34. The third-order valence-electron chi connectivity index (χ3n) is 3.27. The van der Waals surface area contributed by atoms with Crippen molar-refractivity contribution in [2.45, 2.75) is 32.2 Å². The first-order valence-corrected chi connectivity index (χ1v) is 6.53. The lowest BCUT2D eigenvalue weighted by Crippen LogP contribution is -2.39. The van der Waals surface area contributed by atoms with Gasteiger partial charge in [0.05, 0.1) is 0 Å². The molecular formula is C13H19N5. The minimum Gasteiger partial charge on any atom is -0.365 e. The number of likely N-dealkylation sites (tertiary alicyclic amines) is 1. The van der Waals surface area contributed by atoms with Crippen molar-refractivity contribution in [3.05, 3.63) is 18.1 Å². The van der Waals surface area contributed by atoms with E-state index in [4.69, 9.17) is 5.26 Å². The van der Waals surface area contributed by atoms with Crippen LogP contribution in [0.2, 0.25) is 0 Å². The molecule has 0 saturated carbocycles. The van der Waals surface area contributed by atoms with Crippen molar-refractivity contribution in [1.82, 2.24) is 14.9 Å². The lowest BCUT2D eigenvalue weighted by atomic mass is 10.0. The third kappa shape index (κ3) is 3.17. The topological polar surface area (TPSA) is 64.8 Å². The van der Waals surface area contributed by atoms with Crippen LogP contribution in [-0.4, -0.2) is 40.5 Å². The van der Waals surface area contributed by atoms with E-state index in [1.54, 1.807) is 12.4 Å². The Kier molecular flexibility index (Phi) is 4.48. The summed E-state index contributed by atoms with van der Waals surface area (Å²) in [6.07, 6.45) is 6.58. The Balaban J connectivity index is 1.90. The zero-order valence-corrected chi connectivity index (χ0v) is 10.8. The molecule has 1 aromatic rings. The highest BCUT2D eigenvalue weighted by Crippen LogP contribution is 2.16. The Bertz CT molecular complexity index is 418. The first kappa shape index (κ1) is 12.8. The number of rotatable bonds is 4. The molecule has 0 amide bonds. The summed E-state index contributed by atoms with van der Waals surface area (Å²) in [5, 5.41) is 12.3. The first-order chi connectivity index (χ1) is 8.83. The summed E-state index contributed by atoms with van der Waals surface area (Å²) >= 11 is 0. The molecule has 1 saturated heterocycles. The number of nitrogens with one attached hydrogen (secondary N) is 1. The van der Waals surface area contributed by atoms with Crippen LogP contribution in [0.15, 0.2) is 12.4 Å². The number of anilines is 1. The summed E-state index contributed by atoms with van der Waals surface area (Å²) in [7, 11) is 0. The average Bonchev–Trinajstić information content (AvgIpc) is 2.42. The molecule has 1 N–H and O–H groups in total. The maximum Gasteiger partial charge on any atom is 0.182 e. The molecule has 0 aromatic carbocycles. The van der Waals surface area contributed by atoms with Gasteiger partial charge in [0, 0.05) is 31.5 Å². The van der Waals surface area contributed by atoms with Crippen molar-refractivity contribution in [3.63, 3.8) is 0 Å². The molecule has 0 spiro atoms. The summed E-state index contributed by atoms with van der Waals surface area (Å²) < 4.78 is 0. The van der Waals surface area contributed by atoms with E-state index in [0.717, 1.165) is 25.9 Å². The van der Waals surface area contributed by atoms with Gasteiger partial charge in [0.2, 0.25) is 0 Å². The second kappa shape index (κ2) is 6.31. The lowest BCUT2D eigenvalue weighted by molar-refractivity contribution is 0.219. The SMILES string of the molecule is CCCN1CCC(Nc2nccnc2C#N)CC1. The van der Waals surface area contributed by atoms with Gasteiger partial charge in [-0.15, -0.1) is 0 Å². The number of nitrogens with zero attached hydrogens (tertiary/aromatic N) is 4. The highest BCUT2D eigenvalue weighted by Gasteiger charge is 2.19. The van der Waals surface area contributed by atoms with Crippen LogP contribution >= 0.6 is 0 Å². The molecule has 0 unspecified atom stereocenters. The molecule has 0 aliphatic carbocycles. The third-order valence-corrected chi connectivity index (χ3v) is 3.27. The second-order valence-corrected chi connectivity index (χ2v) is 4.63. The Labute approximate surface area is 108 Å². The summed E-state index contributed by atoms with van der Waals surface area (Å²) in [6, 6.07) is 2.47. The van der Waals surface area contributed by atoms with Gasteiger partial charge in [0.1, 0.15) is 6.07 Å². The van der Waals surface area contributed by atoms with E-state index >= 15 is 0 Å². The van der Waals surface area contributed by atoms with Crippen molar-refractivity contribution in [3.8, 4) is 6.07 Å². The average molecular weight is 245 g/mol. The molecule has 5 nitrogen and oxygen atoms in total. The Hall–Kier alpha value is -1.67. The molecule has 0 bridgehead atoms. The van der Waals surface area contributed by atoms with Crippen LogP contribution in [0.3, 0.4) is 0 Å². The van der Waals surface area contributed by atoms with Crippen molar-refractivity contribution in [2.24, 2.45) is 0 Å². The van der Waals surface area contributed by atoms with Crippen LogP contribution in [0.5, 0.6) is 0 Å². The molecule has 0 atom stereocenters. The molecule has 1 fully saturated rings. The monoisotopic (exact) mass is 245 g/mol. The van der Waals surface area contributed by atoms with Crippen LogP contribution < -0.4 is 5.32 Å². The van der Waals surface area contributed by atoms with E-state index in [0.29, 0.717) is 17.6 Å². The zero-order valence-electron chi connectivity index (χ0n) is 10.8. The van der Waals surface area contributed by atoms with Gasteiger partial charge >= 0.3 is 0 Å². The van der Waals surface area contributed by atoms with Gasteiger partial charge < -0.3 is 10.2 Å². The normalized spacial score (nSPS) is 17.3. The van der Waals surface area contributed by atoms with E-state index in [2.05, 4.69) is 33.2 Å². The van der Waals surface area contributed by atoms with Gasteiger partial charge in [0.25, 0.3) is 0 Å². The van der Waals surface area contributed by atoms with E-state index < -0.39 is 0 Å². The minimum absolute atomic E-state index is 0.383. The predicted molar refractivity (Wildman–Crippen MR) is 70.1 cm³/mol. The summed E-state index contributed by atoms with van der Waals surface area (Å²) in [6.45, 7) is 5.63. The van der Waals surface area contributed by atoms with Crippen LogP contribution in [0.4, 0.5) is 5.82 Å². The molecule has 2 heterocycles. The number of hydrogen-bond acceptors (Lipinski definition) is 5. The van der Waals surface area contributed by atoms with Crippen molar-refractivity contribution < 1.29 is 0 Å². The van der Waals surface area contributed by atoms with E-state index in [-0.39, 0.29) is 0 Å². The highest BCUT2D eigenvalue weighted by molar-refractivity contribution is 5.47. The second-order valence-electron chi connectivity index (χ2n) is 4.63. The highest BCUT2D eigenvalue weighted by atomic mass is 15.1. The standard InChI is InChI=1S/C13H19N5/c1-2-7-18-8-3-11(4-9-18)17-13-12(10-14)15-5-6-16-13/h5-6,11H,2-4,7-9H2,1H3,(H,16,17). The predicted octanol–water partition coefficient (Wildman–Crippen LogP) is 1.63.